The van der Waals surface area contributed by atoms with E-state index < -0.39 is 0 Å². The predicted molar refractivity (Wildman–Crippen MR) is 88.5 cm³/mol. The topological polar surface area (TPSA) is 76.7 Å². The van der Waals surface area contributed by atoms with E-state index in [2.05, 4.69) is 10.6 Å². The van der Waals surface area contributed by atoms with Crippen molar-refractivity contribution in [2.24, 2.45) is 5.92 Å². The molecule has 0 radical (unpaired) electrons. The molecule has 0 aliphatic heterocycles. The fraction of sp³-hybridized carbons (Fsp3) is 0.529. The first-order chi connectivity index (χ1) is 11.0. The van der Waals surface area contributed by atoms with Gasteiger partial charge in [-0.1, -0.05) is 19.9 Å². The average molecular weight is 322 g/mol. The van der Waals surface area contributed by atoms with Crippen LogP contribution in [0.1, 0.15) is 32.3 Å². The first-order valence-electron chi connectivity index (χ1n) is 7.80. The molecule has 23 heavy (non-hydrogen) atoms. The normalized spacial score (nSPS) is 10.3. The molecular formula is C17H26N2O4. The van der Waals surface area contributed by atoms with Gasteiger partial charge < -0.3 is 20.1 Å². The molecule has 0 aliphatic carbocycles. The quantitative estimate of drug-likeness (QED) is 0.728. The van der Waals surface area contributed by atoms with Gasteiger partial charge in [0.1, 0.15) is 0 Å². The molecule has 0 saturated carbocycles. The van der Waals surface area contributed by atoms with E-state index in [0.717, 1.165) is 18.4 Å². The Morgan fingerprint density at radius 3 is 2.26 bits per heavy atom. The summed E-state index contributed by atoms with van der Waals surface area (Å²) in [5, 5.41) is 5.43. The van der Waals surface area contributed by atoms with Crippen molar-refractivity contribution >= 4 is 11.8 Å². The summed E-state index contributed by atoms with van der Waals surface area (Å²) in [4.78, 5) is 23.6. The lowest BCUT2D eigenvalue weighted by Gasteiger charge is -2.13. The molecule has 0 unspecified atom stereocenters. The van der Waals surface area contributed by atoms with E-state index >= 15 is 0 Å². The van der Waals surface area contributed by atoms with Crippen molar-refractivity contribution in [3.05, 3.63) is 23.8 Å². The second-order valence-corrected chi connectivity index (χ2v) is 5.20. The molecule has 0 spiro atoms. The molecule has 0 atom stereocenters. The van der Waals surface area contributed by atoms with Gasteiger partial charge in [-0.25, -0.2) is 0 Å². The molecule has 2 N–H and O–H groups in total. The van der Waals surface area contributed by atoms with Crippen LogP contribution in [-0.2, 0) is 16.1 Å². The van der Waals surface area contributed by atoms with Crippen LogP contribution in [0.2, 0.25) is 0 Å². The van der Waals surface area contributed by atoms with Crippen LogP contribution < -0.4 is 20.1 Å². The standard InChI is InChI=1S/C17H26N2O4/c1-5-13(6-2)17(21)19-11-16(20)18-10-12-7-8-14(22-3)15(9-12)23-4/h7-9,13H,5-6,10-11H2,1-4H3,(H,18,20)(H,19,21). The van der Waals surface area contributed by atoms with Crippen molar-refractivity contribution < 1.29 is 19.1 Å². The SMILES string of the molecule is CCC(CC)C(=O)NCC(=O)NCc1ccc(OC)c(OC)c1. The number of ether oxygens (including phenoxy) is 2. The smallest absolute Gasteiger partial charge is 0.239 e. The Kier molecular flexibility index (Phi) is 7.94. The van der Waals surface area contributed by atoms with Crippen LogP contribution in [0, 0.1) is 5.92 Å². The van der Waals surface area contributed by atoms with Crippen molar-refractivity contribution in [3.8, 4) is 11.5 Å². The van der Waals surface area contributed by atoms with E-state index in [4.69, 9.17) is 9.47 Å². The number of amides is 2. The van der Waals surface area contributed by atoms with E-state index in [1.54, 1.807) is 20.3 Å². The summed E-state index contributed by atoms with van der Waals surface area (Å²) >= 11 is 0. The molecule has 0 aromatic heterocycles. The highest BCUT2D eigenvalue weighted by Gasteiger charge is 2.14. The second-order valence-electron chi connectivity index (χ2n) is 5.20. The summed E-state index contributed by atoms with van der Waals surface area (Å²) in [6.45, 7) is 4.28. The van der Waals surface area contributed by atoms with Gasteiger partial charge in [0, 0.05) is 12.5 Å². The van der Waals surface area contributed by atoms with Gasteiger partial charge in [-0.3, -0.25) is 9.59 Å². The zero-order valence-electron chi connectivity index (χ0n) is 14.3. The van der Waals surface area contributed by atoms with Gasteiger partial charge in [0.2, 0.25) is 11.8 Å². The Labute approximate surface area is 137 Å². The summed E-state index contributed by atoms with van der Waals surface area (Å²) in [6.07, 6.45) is 1.55. The number of carbonyl (C=O) groups excluding carboxylic acids is 2. The fourth-order valence-electron chi connectivity index (χ4n) is 2.22. The third kappa shape index (κ3) is 5.81. The molecule has 1 aromatic rings. The molecule has 0 aliphatic rings. The number of methoxy groups -OCH3 is 2. The average Bonchev–Trinajstić information content (AvgIpc) is 2.58. The largest absolute Gasteiger partial charge is 0.493 e. The molecule has 0 saturated heterocycles. The van der Waals surface area contributed by atoms with E-state index in [1.165, 1.54) is 0 Å². The lowest BCUT2D eigenvalue weighted by atomic mass is 10.0. The second kappa shape index (κ2) is 9.71. The highest BCUT2D eigenvalue weighted by molar-refractivity contribution is 5.85. The molecule has 1 aromatic carbocycles. The third-order valence-corrected chi connectivity index (χ3v) is 3.72. The minimum atomic E-state index is -0.223. The van der Waals surface area contributed by atoms with Crippen LogP contribution >= 0.6 is 0 Å². The van der Waals surface area contributed by atoms with E-state index in [9.17, 15) is 9.59 Å². The molecule has 6 heteroatoms. The van der Waals surface area contributed by atoms with Crippen molar-refractivity contribution in [1.82, 2.24) is 10.6 Å². The molecule has 128 valence electrons. The minimum Gasteiger partial charge on any atom is -0.493 e. The maximum absolute atomic E-state index is 11.8. The van der Waals surface area contributed by atoms with Crippen LogP contribution in [0.3, 0.4) is 0 Å². The number of hydrogen-bond acceptors (Lipinski definition) is 4. The first kappa shape index (κ1) is 18.8. The van der Waals surface area contributed by atoms with Crippen LogP contribution in [0.25, 0.3) is 0 Å². The molecular weight excluding hydrogens is 296 g/mol. The number of nitrogens with one attached hydrogen (secondary N) is 2. The maximum atomic E-state index is 11.8. The van der Waals surface area contributed by atoms with Crippen molar-refractivity contribution in [3.63, 3.8) is 0 Å². The predicted octanol–water partition coefficient (Wildman–Crippen LogP) is 1.87. The monoisotopic (exact) mass is 322 g/mol. The van der Waals surface area contributed by atoms with Crippen LogP contribution in [0.4, 0.5) is 0 Å². The number of rotatable bonds is 9. The van der Waals surface area contributed by atoms with E-state index in [0.29, 0.717) is 18.0 Å². The summed E-state index contributed by atoms with van der Waals surface area (Å²) in [6, 6.07) is 5.45. The van der Waals surface area contributed by atoms with Gasteiger partial charge in [0.25, 0.3) is 0 Å². The summed E-state index contributed by atoms with van der Waals surface area (Å²) in [7, 11) is 3.13. The van der Waals surface area contributed by atoms with Crippen LogP contribution in [-0.4, -0.2) is 32.6 Å². The van der Waals surface area contributed by atoms with Gasteiger partial charge in [0.15, 0.2) is 11.5 Å². The summed E-state index contributed by atoms with van der Waals surface area (Å²) in [5.41, 5.74) is 0.891. The molecule has 1 rings (SSSR count). The van der Waals surface area contributed by atoms with E-state index in [1.807, 2.05) is 26.0 Å². The van der Waals surface area contributed by atoms with Crippen molar-refractivity contribution in [1.29, 1.82) is 0 Å². The number of hydrogen-bond donors (Lipinski definition) is 2. The van der Waals surface area contributed by atoms with Crippen molar-refractivity contribution in [2.45, 2.75) is 33.2 Å². The van der Waals surface area contributed by atoms with Gasteiger partial charge >= 0.3 is 0 Å². The zero-order valence-corrected chi connectivity index (χ0v) is 14.3. The highest BCUT2D eigenvalue weighted by atomic mass is 16.5. The van der Waals surface area contributed by atoms with Gasteiger partial charge in [-0.05, 0) is 30.5 Å². The number of carbonyl (C=O) groups is 2. The minimum absolute atomic E-state index is 0.0113. The van der Waals surface area contributed by atoms with Crippen LogP contribution in [0.15, 0.2) is 18.2 Å². The Bertz CT molecular complexity index is 527. The molecule has 0 heterocycles. The van der Waals surface area contributed by atoms with Gasteiger partial charge in [-0.2, -0.15) is 0 Å². The fourth-order valence-corrected chi connectivity index (χ4v) is 2.22. The maximum Gasteiger partial charge on any atom is 0.239 e. The van der Waals surface area contributed by atoms with E-state index in [-0.39, 0.29) is 24.3 Å². The Morgan fingerprint density at radius 1 is 1.04 bits per heavy atom. The zero-order chi connectivity index (χ0) is 17.2. The Balaban J connectivity index is 2.46. The lowest BCUT2D eigenvalue weighted by molar-refractivity contribution is -0.128. The summed E-state index contributed by atoms with van der Waals surface area (Å²) < 4.78 is 10.4. The van der Waals surface area contributed by atoms with Gasteiger partial charge in [0.05, 0.1) is 20.8 Å². The van der Waals surface area contributed by atoms with Crippen LogP contribution in [0.5, 0.6) is 11.5 Å². The number of benzene rings is 1. The molecule has 0 bridgehead atoms. The molecule has 6 nitrogen and oxygen atoms in total. The Hall–Kier alpha value is -2.24. The third-order valence-electron chi connectivity index (χ3n) is 3.72. The summed E-state index contributed by atoms with van der Waals surface area (Å²) in [5.74, 6) is 0.922. The highest BCUT2D eigenvalue weighted by Crippen LogP contribution is 2.27. The first-order valence-corrected chi connectivity index (χ1v) is 7.80. The molecule has 2 amide bonds. The Morgan fingerprint density at radius 2 is 1.70 bits per heavy atom. The van der Waals surface area contributed by atoms with Crippen molar-refractivity contribution in [2.75, 3.05) is 20.8 Å². The lowest BCUT2D eigenvalue weighted by Crippen LogP contribution is -2.39. The van der Waals surface area contributed by atoms with Gasteiger partial charge in [-0.15, -0.1) is 0 Å². The molecule has 0 fully saturated rings.